The summed E-state index contributed by atoms with van der Waals surface area (Å²) in [5.74, 6) is 1.01. The lowest BCUT2D eigenvalue weighted by atomic mass is 9.88. The number of benzene rings is 2. The van der Waals surface area contributed by atoms with Gasteiger partial charge in [0.1, 0.15) is 17.3 Å². The molecular weight excluding hydrogens is 501 g/mol. The molecule has 39 heavy (non-hydrogen) atoms. The van der Waals surface area contributed by atoms with E-state index in [4.69, 9.17) is 19.9 Å². The third kappa shape index (κ3) is 4.93. The summed E-state index contributed by atoms with van der Waals surface area (Å²) in [5, 5.41) is 0. The molecule has 2 aromatic heterocycles. The number of fused-ring (bicyclic) bond motifs is 1. The van der Waals surface area contributed by atoms with Crippen molar-refractivity contribution in [2.24, 2.45) is 0 Å². The summed E-state index contributed by atoms with van der Waals surface area (Å²) in [6, 6.07) is 14.7. The van der Waals surface area contributed by atoms with Gasteiger partial charge in [0.05, 0.1) is 56.6 Å². The predicted octanol–water partition coefficient (Wildman–Crippen LogP) is 4.53. The molecule has 10 heteroatoms. The molecule has 200 valence electrons. The Labute approximate surface area is 225 Å². The van der Waals surface area contributed by atoms with Gasteiger partial charge in [-0.05, 0) is 42.8 Å². The van der Waals surface area contributed by atoms with E-state index < -0.39 is 11.9 Å². The van der Waals surface area contributed by atoms with E-state index in [9.17, 15) is 9.18 Å². The second kappa shape index (κ2) is 10.6. The third-order valence-electron chi connectivity index (χ3n) is 6.84. The molecule has 0 unspecified atom stereocenters. The predicted molar refractivity (Wildman–Crippen MR) is 143 cm³/mol. The number of nitrogens with zero attached hydrogens (tertiary/aromatic N) is 4. The van der Waals surface area contributed by atoms with E-state index in [1.807, 2.05) is 12.1 Å². The van der Waals surface area contributed by atoms with Crippen LogP contribution in [0.2, 0.25) is 0 Å². The van der Waals surface area contributed by atoms with Crippen molar-refractivity contribution in [2.75, 3.05) is 27.1 Å². The van der Waals surface area contributed by atoms with Crippen molar-refractivity contribution in [3.8, 4) is 28.6 Å². The molecule has 3 heterocycles. The number of nitrogen functional groups attached to an aromatic ring is 1. The highest BCUT2D eigenvalue weighted by atomic mass is 19.1. The Kier molecular flexibility index (Phi) is 7.02. The van der Waals surface area contributed by atoms with Crippen molar-refractivity contribution in [2.45, 2.75) is 25.9 Å². The lowest BCUT2D eigenvalue weighted by Gasteiger charge is -2.38. The van der Waals surface area contributed by atoms with Gasteiger partial charge in [0.15, 0.2) is 0 Å². The quantitative estimate of drug-likeness (QED) is 0.372. The maximum atomic E-state index is 14.6. The number of halogens is 1. The molecule has 0 bridgehead atoms. The van der Waals surface area contributed by atoms with Gasteiger partial charge in [-0.15, -0.1) is 0 Å². The molecule has 2 N–H and O–H groups in total. The average molecular weight is 530 g/mol. The minimum absolute atomic E-state index is 0.0943. The molecule has 2 aromatic carbocycles. The molecule has 0 saturated heterocycles. The number of aryl methyl sites for hydroxylation is 1. The molecule has 0 aliphatic carbocycles. The Bertz CT molecular complexity index is 1560. The smallest absolute Gasteiger partial charge is 0.258 e. The molecule has 9 nitrogen and oxygen atoms in total. The van der Waals surface area contributed by atoms with Crippen LogP contribution < -0.4 is 19.9 Å². The van der Waals surface area contributed by atoms with Crippen LogP contribution in [0, 0.1) is 12.7 Å². The van der Waals surface area contributed by atoms with Crippen molar-refractivity contribution in [3.63, 3.8) is 0 Å². The number of carbonyl (C=O) groups excluding carboxylic acids is 1. The number of amides is 1. The fourth-order valence-corrected chi connectivity index (χ4v) is 5.01. The molecule has 5 rings (SSSR count). The number of nitrogens with two attached hydrogens (primary N) is 1. The van der Waals surface area contributed by atoms with E-state index in [-0.39, 0.29) is 18.4 Å². The van der Waals surface area contributed by atoms with Crippen LogP contribution in [0.1, 0.15) is 38.9 Å². The van der Waals surface area contributed by atoms with Gasteiger partial charge in [0.2, 0.25) is 11.8 Å². The first-order valence-corrected chi connectivity index (χ1v) is 12.3. The second-order valence-electron chi connectivity index (χ2n) is 9.12. The van der Waals surface area contributed by atoms with Crippen molar-refractivity contribution < 1.29 is 23.4 Å². The Morgan fingerprint density at radius 3 is 2.56 bits per heavy atom. The van der Waals surface area contributed by atoms with Gasteiger partial charge in [0.25, 0.3) is 5.91 Å². The second-order valence-corrected chi connectivity index (χ2v) is 9.12. The van der Waals surface area contributed by atoms with Gasteiger partial charge in [-0.2, -0.15) is 0 Å². The number of carbonyl (C=O) groups is 1. The summed E-state index contributed by atoms with van der Waals surface area (Å²) < 4.78 is 30.9. The van der Waals surface area contributed by atoms with Gasteiger partial charge in [-0.1, -0.05) is 12.1 Å². The maximum absolute atomic E-state index is 14.6. The molecule has 1 amide bonds. The number of pyridine rings is 1. The van der Waals surface area contributed by atoms with Gasteiger partial charge < -0.3 is 24.8 Å². The Hall–Kier alpha value is -4.73. The summed E-state index contributed by atoms with van der Waals surface area (Å²) in [6.45, 7) is 1.95. The SMILES string of the molecule is COc1ccc(CN2C(=O)c3c(C)nc(N)nc3C[C@@H]2c2ccc(F)cc2-c2cccc(OC)n2)c(OC)c1. The Morgan fingerprint density at radius 2 is 1.82 bits per heavy atom. The zero-order chi connectivity index (χ0) is 27.7. The van der Waals surface area contributed by atoms with E-state index in [2.05, 4.69) is 15.0 Å². The van der Waals surface area contributed by atoms with Gasteiger partial charge in [-0.3, -0.25) is 4.79 Å². The van der Waals surface area contributed by atoms with Crippen LogP contribution in [0.25, 0.3) is 11.3 Å². The minimum Gasteiger partial charge on any atom is -0.497 e. The summed E-state index contributed by atoms with van der Waals surface area (Å²) in [7, 11) is 4.66. The normalized spacial score (nSPS) is 14.6. The van der Waals surface area contributed by atoms with E-state index in [0.717, 1.165) is 5.56 Å². The molecule has 1 atom stereocenters. The standard InChI is InChI=1S/C29H28FN5O4/c1-16-27-23(34-29(31)32-16)14-24(35(28(27)36)15-17-8-10-19(37-2)13-25(17)38-3)20-11-9-18(30)12-21(20)22-6-5-7-26(33-22)39-4/h5-13,24H,14-15H2,1-4H3,(H2,31,32,34)/t24-/m1/s1. The molecule has 0 radical (unpaired) electrons. The van der Waals surface area contributed by atoms with E-state index >= 15 is 0 Å². The molecular formula is C29H28FN5O4. The monoisotopic (exact) mass is 529 g/mol. The summed E-state index contributed by atoms with van der Waals surface area (Å²) >= 11 is 0. The lowest BCUT2D eigenvalue weighted by Crippen LogP contribution is -2.41. The first-order chi connectivity index (χ1) is 18.8. The van der Waals surface area contributed by atoms with Crippen LogP contribution in [-0.4, -0.2) is 47.1 Å². The maximum Gasteiger partial charge on any atom is 0.258 e. The van der Waals surface area contributed by atoms with Crippen molar-refractivity contribution >= 4 is 11.9 Å². The Morgan fingerprint density at radius 1 is 1.00 bits per heavy atom. The van der Waals surface area contributed by atoms with Crippen LogP contribution in [-0.2, 0) is 13.0 Å². The molecule has 1 aliphatic rings. The molecule has 0 saturated carbocycles. The molecule has 4 aromatic rings. The van der Waals surface area contributed by atoms with E-state index in [1.165, 1.54) is 19.2 Å². The largest absolute Gasteiger partial charge is 0.497 e. The van der Waals surface area contributed by atoms with Crippen LogP contribution in [0.3, 0.4) is 0 Å². The fraction of sp³-hybridized carbons (Fsp3) is 0.241. The number of rotatable bonds is 7. The van der Waals surface area contributed by atoms with Crippen LogP contribution >= 0.6 is 0 Å². The van der Waals surface area contributed by atoms with E-state index in [1.54, 1.807) is 56.4 Å². The van der Waals surface area contributed by atoms with Crippen LogP contribution in [0.15, 0.2) is 54.6 Å². The highest BCUT2D eigenvalue weighted by molar-refractivity contribution is 5.98. The number of anilines is 1. The summed E-state index contributed by atoms with van der Waals surface area (Å²) in [6.07, 6.45) is 0.343. The van der Waals surface area contributed by atoms with Crippen molar-refractivity contribution in [1.82, 2.24) is 19.9 Å². The number of hydrogen-bond acceptors (Lipinski definition) is 8. The molecule has 0 fully saturated rings. The van der Waals surface area contributed by atoms with Crippen molar-refractivity contribution in [3.05, 3.63) is 88.5 Å². The van der Waals surface area contributed by atoms with Gasteiger partial charge in [0, 0.05) is 29.7 Å². The lowest BCUT2D eigenvalue weighted by molar-refractivity contribution is 0.0623. The first kappa shape index (κ1) is 25.9. The summed E-state index contributed by atoms with van der Waals surface area (Å²) in [4.78, 5) is 29.0. The fourth-order valence-electron chi connectivity index (χ4n) is 5.01. The Balaban J connectivity index is 1.68. The van der Waals surface area contributed by atoms with Gasteiger partial charge >= 0.3 is 0 Å². The topological polar surface area (TPSA) is 113 Å². The van der Waals surface area contributed by atoms with Crippen LogP contribution in [0.4, 0.5) is 10.3 Å². The first-order valence-electron chi connectivity index (χ1n) is 12.3. The third-order valence-corrected chi connectivity index (χ3v) is 6.84. The minimum atomic E-state index is -0.519. The average Bonchev–Trinajstić information content (AvgIpc) is 2.94. The number of ether oxygens (including phenoxy) is 3. The summed E-state index contributed by atoms with van der Waals surface area (Å²) in [5.41, 5.74) is 9.96. The zero-order valence-corrected chi connectivity index (χ0v) is 22.1. The van der Waals surface area contributed by atoms with E-state index in [0.29, 0.717) is 57.6 Å². The number of methoxy groups -OCH3 is 3. The van der Waals surface area contributed by atoms with Crippen molar-refractivity contribution in [1.29, 1.82) is 0 Å². The van der Waals surface area contributed by atoms with Crippen LogP contribution in [0.5, 0.6) is 17.4 Å². The number of hydrogen-bond donors (Lipinski definition) is 1. The molecule has 1 aliphatic heterocycles. The van der Waals surface area contributed by atoms with Gasteiger partial charge in [-0.25, -0.2) is 19.3 Å². The molecule has 0 spiro atoms. The highest BCUT2D eigenvalue weighted by Crippen LogP contribution is 2.40. The highest BCUT2D eigenvalue weighted by Gasteiger charge is 2.38. The zero-order valence-electron chi connectivity index (χ0n) is 22.1. The number of aromatic nitrogens is 3.